The zero-order valence-corrected chi connectivity index (χ0v) is 24.2. The molecule has 2 aliphatic heterocycles. The minimum absolute atomic E-state index is 0. The van der Waals surface area contributed by atoms with Crippen molar-refractivity contribution in [3.8, 4) is 0 Å². The molecule has 34 heavy (non-hydrogen) atoms. The Morgan fingerprint density at radius 3 is 1.35 bits per heavy atom. The molecule has 2 aromatic carbocycles. The molecule has 2 aliphatic rings. The zero-order chi connectivity index (χ0) is 20.6. The van der Waals surface area contributed by atoms with Gasteiger partial charge in [-0.25, -0.2) is 15.0 Å². The fourth-order valence-electron chi connectivity index (χ4n) is 3.82. The molecule has 0 bridgehead atoms. The van der Waals surface area contributed by atoms with Crippen LogP contribution in [-0.4, -0.2) is 30.0 Å². The van der Waals surface area contributed by atoms with Crippen molar-refractivity contribution < 1.29 is 87.5 Å². The van der Waals surface area contributed by atoms with E-state index in [0.29, 0.717) is 36.4 Å². The second-order valence-corrected chi connectivity index (χ2v) is 8.10. The Labute approximate surface area is 251 Å². The standard InChI is InChI=1S/C25H23N3O2.3ClH.Nd/c1-24(18-10-5-3-6-11-18)16-29-22(27-24)20-14-9-15-21(26-20)23-28-25(2,17-30-23)19-12-7-4-8-13-19;;;;/h3-15H,16-17H2,1-2H3;3*1H;/q;;;;+3/p-3. The third-order valence-corrected chi connectivity index (χ3v) is 5.66. The van der Waals surface area contributed by atoms with Crippen molar-refractivity contribution in [1.29, 1.82) is 0 Å². The van der Waals surface area contributed by atoms with Gasteiger partial charge in [-0.1, -0.05) is 66.7 Å². The van der Waals surface area contributed by atoms with E-state index >= 15 is 0 Å². The molecule has 3 aromatic rings. The Morgan fingerprint density at radius 2 is 0.971 bits per heavy atom. The van der Waals surface area contributed by atoms with Crippen LogP contribution in [0.25, 0.3) is 0 Å². The number of hydrogen-bond acceptors (Lipinski definition) is 5. The van der Waals surface area contributed by atoms with Gasteiger partial charge < -0.3 is 46.7 Å². The molecule has 2 unspecified atom stereocenters. The summed E-state index contributed by atoms with van der Waals surface area (Å²) in [5.74, 6) is 1.10. The van der Waals surface area contributed by atoms with E-state index in [9.17, 15) is 0 Å². The number of ether oxygens (including phenoxy) is 2. The molecule has 9 heteroatoms. The van der Waals surface area contributed by atoms with Gasteiger partial charge in [0.25, 0.3) is 0 Å². The van der Waals surface area contributed by atoms with Gasteiger partial charge in [-0.2, -0.15) is 0 Å². The van der Waals surface area contributed by atoms with Crippen LogP contribution in [0.15, 0.2) is 88.8 Å². The van der Waals surface area contributed by atoms with E-state index < -0.39 is 11.1 Å². The molecule has 0 fully saturated rings. The van der Waals surface area contributed by atoms with Crippen LogP contribution in [0, 0.1) is 40.8 Å². The summed E-state index contributed by atoms with van der Waals surface area (Å²) in [6, 6.07) is 26.1. The number of rotatable bonds is 4. The molecule has 5 rings (SSSR count). The zero-order valence-electron chi connectivity index (χ0n) is 18.7. The molecule has 2 atom stereocenters. The van der Waals surface area contributed by atoms with Crippen LogP contribution in [0.5, 0.6) is 0 Å². The van der Waals surface area contributed by atoms with Gasteiger partial charge in [0.05, 0.1) is 0 Å². The molecule has 0 N–H and O–H groups in total. The number of pyridine rings is 1. The molecular weight excluding hydrogens is 625 g/mol. The van der Waals surface area contributed by atoms with Gasteiger partial charge in [0.2, 0.25) is 11.8 Å². The summed E-state index contributed by atoms with van der Waals surface area (Å²) in [6.07, 6.45) is 0. The Morgan fingerprint density at radius 1 is 0.588 bits per heavy atom. The van der Waals surface area contributed by atoms with Gasteiger partial charge in [-0.15, -0.1) is 0 Å². The number of hydrogen-bond donors (Lipinski definition) is 0. The molecule has 0 aliphatic carbocycles. The minimum atomic E-state index is -0.415. The summed E-state index contributed by atoms with van der Waals surface area (Å²) >= 11 is 0. The average molecular weight is 648 g/mol. The number of nitrogens with zero attached hydrogens (tertiary/aromatic N) is 3. The third-order valence-electron chi connectivity index (χ3n) is 5.66. The second-order valence-electron chi connectivity index (χ2n) is 8.10. The summed E-state index contributed by atoms with van der Waals surface area (Å²) in [6.45, 7) is 5.13. The Balaban J connectivity index is 0.00000144. The van der Waals surface area contributed by atoms with Crippen LogP contribution in [-0.2, 0) is 20.6 Å². The quantitative estimate of drug-likeness (QED) is 0.287. The SMILES string of the molecule is CC1(c2ccccc2)COC(c2cccc(C3=NC(C)(c4ccccc4)CO3)n2)=N1.[Cl-].[Cl-].[Cl-].[Nd+3]. The van der Waals surface area contributed by atoms with Crippen LogP contribution < -0.4 is 37.2 Å². The first-order valence-electron chi connectivity index (χ1n) is 10.1. The number of benzene rings is 2. The van der Waals surface area contributed by atoms with Gasteiger partial charge in [-0.05, 0) is 37.1 Å². The van der Waals surface area contributed by atoms with Crippen molar-refractivity contribution in [2.24, 2.45) is 9.98 Å². The first-order valence-corrected chi connectivity index (χ1v) is 10.1. The Hall–Kier alpha value is -1.25. The first-order chi connectivity index (χ1) is 14.6. The van der Waals surface area contributed by atoms with E-state index in [4.69, 9.17) is 24.4 Å². The third kappa shape index (κ3) is 6.11. The summed E-state index contributed by atoms with van der Waals surface area (Å²) < 4.78 is 11.9. The Kier molecular flexibility index (Phi) is 11.4. The smallest absolute Gasteiger partial charge is 1.00 e. The molecule has 1 aromatic heterocycles. The van der Waals surface area contributed by atoms with Crippen molar-refractivity contribution in [3.63, 3.8) is 0 Å². The van der Waals surface area contributed by atoms with E-state index in [0.717, 1.165) is 11.1 Å². The molecule has 0 saturated heterocycles. The van der Waals surface area contributed by atoms with E-state index in [2.05, 4.69) is 38.1 Å². The topological polar surface area (TPSA) is 56.1 Å². The fourth-order valence-corrected chi connectivity index (χ4v) is 3.82. The monoisotopic (exact) mass is 644 g/mol. The van der Waals surface area contributed by atoms with Crippen molar-refractivity contribution in [1.82, 2.24) is 4.98 Å². The predicted molar refractivity (Wildman–Crippen MR) is 117 cm³/mol. The molecule has 1 radical (unpaired) electrons. The maximum atomic E-state index is 5.94. The molecule has 0 saturated carbocycles. The molecular formula is C25H23Cl3N3NdO2. The molecule has 0 spiro atoms. The van der Waals surface area contributed by atoms with Crippen LogP contribution in [0.4, 0.5) is 0 Å². The number of aliphatic imine (C=N–C) groups is 2. The van der Waals surface area contributed by atoms with E-state index in [1.54, 1.807) is 0 Å². The molecule has 5 nitrogen and oxygen atoms in total. The van der Waals surface area contributed by atoms with Crippen LogP contribution >= 0.6 is 0 Å². The van der Waals surface area contributed by atoms with E-state index in [1.807, 2.05) is 54.6 Å². The van der Waals surface area contributed by atoms with Crippen molar-refractivity contribution in [2.45, 2.75) is 24.9 Å². The van der Waals surface area contributed by atoms with Gasteiger partial charge in [-0.3, -0.25) is 0 Å². The van der Waals surface area contributed by atoms with Crippen LogP contribution in [0.1, 0.15) is 36.4 Å². The molecule has 0 amide bonds. The Bertz CT molecular complexity index is 1060. The normalized spacial score (nSPS) is 22.3. The predicted octanol–water partition coefficient (Wildman–Crippen LogP) is -4.52. The average Bonchev–Trinajstić information content (AvgIpc) is 3.40. The summed E-state index contributed by atoms with van der Waals surface area (Å²) in [5.41, 5.74) is 2.79. The second kappa shape index (κ2) is 12.6. The van der Waals surface area contributed by atoms with Crippen LogP contribution in [0.3, 0.4) is 0 Å². The minimum Gasteiger partial charge on any atom is -1.00 e. The molecule has 3 heterocycles. The van der Waals surface area contributed by atoms with Gasteiger partial charge in [0.15, 0.2) is 0 Å². The summed E-state index contributed by atoms with van der Waals surface area (Å²) in [5, 5.41) is 0. The van der Waals surface area contributed by atoms with Crippen molar-refractivity contribution in [3.05, 3.63) is 101 Å². The fraction of sp³-hybridized carbons (Fsp3) is 0.240. The summed E-state index contributed by atoms with van der Waals surface area (Å²) in [4.78, 5) is 14.5. The first kappa shape index (κ1) is 30.8. The maximum Gasteiger partial charge on any atom is 3.00 e. The van der Waals surface area contributed by atoms with Gasteiger partial charge >= 0.3 is 40.8 Å². The number of aromatic nitrogens is 1. The van der Waals surface area contributed by atoms with E-state index in [1.165, 1.54) is 0 Å². The van der Waals surface area contributed by atoms with E-state index in [-0.39, 0.29) is 78.1 Å². The van der Waals surface area contributed by atoms with Crippen molar-refractivity contribution >= 4 is 11.8 Å². The van der Waals surface area contributed by atoms with Gasteiger partial charge in [0, 0.05) is 0 Å². The molecule has 175 valence electrons. The largest absolute Gasteiger partial charge is 3.00 e. The van der Waals surface area contributed by atoms with Crippen LogP contribution in [0.2, 0.25) is 0 Å². The van der Waals surface area contributed by atoms with Crippen molar-refractivity contribution in [2.75, 3.05) is 13.2 Å². The maximum absolute atomic E-state index is 5.94. The summed E-state index contributed by atoms with van der Waals surface area (Å²) in [7, 11) is 0. The van der Waals surface area contributed by atoms with Gasteiger partial charge in [0.1, 0.15) is 35.7 Å². The number of halogens is 3.